The summed E-state index contributed by atoms with van der Waals surface area (Å²) in [6.07, 6.45) is -4.49. The summed E-state index contributed by atoms with van der Waals surface area (Å²) in [7, 11) is 49.5. The van der Waals surface area contributed by atoms with E-state index in [-0.39, 0.29) is 45.4 Å². The maximum Gasteiger partial charge on any atom is 0.415 e. The first-order chi connectivity index (χ1) is 31.8. The molecule has 0 N–H and O–H groups in total. The number of carbonyl (C=O) groups excluding carboxylic acids is 1. The lowest BCUT2D eigenvalue weighted by Crippen LogP contribution is -2.82. The van der Waals surface area contributed by atoms with Crippen LogP contribution < -0.4 is 49.3 Å². The molecule has 5 rings (SSSR count). The van der Waals surface area contributed by atoms with Crippen molar-refractivity contribution >= 4 is 250 Å². The minimum Gasteiger partial charge on any atom is -0.348 e. The summed E-state index contributed by atoms with van der Waals surface area (Å²) in [5.41, 5.74) is 9.58. The summed E-state index contributed by atoms with van der Waals surface area (Å²) in [5.74, 6) is -0.115. The number of carbonyl (C=O) groups is 1. The molecule has 0 atom stereocenters. The second-order valence-corrected chi connectivity index (χ2v) is 26.8. The summed E-state index contributed by atoms with van der Waals surface area (Å²) in [6.45, 7) is 4.65. The van der Waals surface area contributed by atoms with Gasteiger partial charge in [0.05, 0.1) is 21.0 Å². The lowest BCUT2D eigenvalue weighted by molar-refractivity contribution is -0.138. The monoisotopic (exact) mass is 955 g/mol. The van der Waals surface area contributed by atoms with E-state index in [0.717, 1.165) is 49.8 Å². The van der Waals surface area contributed by atoms with E-state index in [1.807, 2.05) is 15.7 Å². The van der Waals surface area contributed by atoms with Gasteiger partial charge in [-0.15, -0.1) is 0 Å². The maximum atomic E-state index is 16.9. The molecule has 71 heavy (non-hydrogen) atoms. The standard InChI is InChI=1S/C36H62B24F4N4O2S/c1-28(45,46)68(29(2,47)48)36(59,60)35(57,58)66(7-11-16(37)18(39)12(19(40)17(11)38)13-20(41)22(43)14(33(62,63)64)23(44)21(13)42)26(70)32(53,54)67-24-15(30(49,50)34(55,56)31(24,51)52)25(69)65-27(67)71-8-9-3-5-10(61)6-4-9/h3-6H,7-8,37-60H2,1-2H3. The van der Waals surface area contributed by atoms with E-state index in [1.54, 1.807) is 43.5 Å². The number of thioether (sulfide) groups is 1. The van der Waals surface area contributed by atoms with Gasteiger partial charge >= 0.3 is 6.18 Å². The third kappa shape index (κ3) is 9.65. The maximum absolute atomic E-state index is 16.9. The molecule has 1 amide bonds. The van der Waals surface area contributed by atoms with E-state index in [1.165, 1.54) is 23.9 Å². The predicted octanol–water partition coefficient (Wildman–Crippen LogP) is -23.4. The first-order valence-corrected chi connectivity index (χ1v) is 26.2. The van der Waals surface area contributed by atoms with E-state index >= 15 is 4.79 Å². The summed E-state index contributed by atoms with van der Waals surface area (Å²) >= 11 is 1.37. The second kappa shape index (κ2) is 19.0. The fourth-order valence-electron chi connectivity index (χ4n) is 12.9. The van der Waals surface area contributed by atoms with Crippen molar-refractivity contribution in [3.63, 3.8) is 0 Å². The van der Waals surface area contributed by atoms with Crippen LogP contribution in [0.5, 0.6) is 0 Å². The molecular weight excluding hydrogens is 888 g/mol. The van der Waals surface area contributed by atoms with Crippen LogP contribution in [0.25, 0.3) is 11.1 Å². The number of hydrogen-bond acceptors (Lipinski definition) is 5. The number of halogens is 4. The second-order valence-electron chi connectivity index (χ2n) is 25.9. The van der Waals surface area contributed by atoms with Crippen molar-refractivity contribution in [3.8, 4) is 11.1 Å². The van der Waals surface area contributed by atoms with Crippen molar-refractivity contribution in [2.75, 3.05) is 0 Å². The molecule has 1 heterocycles. The van der Waals surface area contributed by atoms with E-state index < -0.39 is 43.4 Å². The molecule has 0 aliphatic heterocycles. The molecule has 6 nitrogen and oxygen atoms in total. The molecule has 35 heteroatoms. The molecule has 0 spiro atoms. The first kappa shape index (κ1) is 59.5. The molecule has 1 aliphatic rings. The van der Waals surface area contributed by atoms with Crippen LogP contribution in [0.15, 0.2) is 34.2 Å². The Morgan fingerprint density at radius 3 is 1.49 bits per heavy atom. The Kier molecular flexibility index (Phi) is 15.9. The lowest BCUT2D eigenvalue weighted by Gasteiger charge is -2.65. The fourth-order valence-corrected chi connectivity index (χ4v) is 14.0. The van der Waals surface area contributed by atoms with Crippen LogP contribution >= 0.6 is 11.8 Å². The summed E-state index contributed by atoms with van der Waals surface area (Å²) < 4.78 is 59.9. The number of aromatic nitrogens is 2. The minimum atomic E-state index is -4.49. The predicted molar refractivity (Wildman–Crippen MR) is 362 cm³/mol. The zero-order chi connectivity index (χ0) is 54.9. The van der Waals surface area contributed by atoms with Gasteiger partial charge < -0.3 is 14.4 Å². The van der Waals surface area contributed by atoms with E-state index in [9.17, 15) is 22.4 Å². The van der Waals surface area contributed by atoms with E-state index in [0.29, 0.717) is 27.4 Å². The van der Waals surface area contributed by atoms with Gasteiger partial charge in [-0.2, -0.15) is 18.2 Å². The van der Waals surface area contributed by atoms with E-state index in [4.69, 9.17) is 4.98 Å². The van der Waals surface area contributed by atoms with Gasteiger partial charge in [-0.05, 0) is 55.7 Å². The number of hydrogen-bond donors (Lipinski definition) is 0. The zero-order valence-electron chi connectivity index (χ0n) is 48.2. The molecule has 0 fully saturated rings. The van der Waals surface area contributed by atoms with Crippen LogP contribution in [0.1, 0.15) is 41.8 Å². The fraction of sp³-hybridized carbons (Fsp3) is 0.361. The number of nitrogens with zero attached hydrogens (tertiary/aromatic N) is 4. The Labute approximate surface area is 448 Å². The van der Waals surface area contributed by atoms with Crippen LogP contribution in [-0.2, 0) is 39.0 Å². The Balaban J connectivity index is 1.89. The Morgan fingerprint density at radius 1 is 0.662 bits per heavy atom. The molecule has 0 bridgehead atoms. The largest absolute Gasteiger partial charge is 0.415 e. The van der Waals surface area contributed by atoms with Gasteiger partial charge in [0.1, 0.15) is 178 Å². The van der Waals surface area contributed by atoms with Crippen molar-refractivity contribution in [1.29, 1.82) is 0 Å². The SMILES string of the molecule is Bc1c(B)c(-c2c(B)c(B)c(C(F)(F)F)c(B)c2B)c(B)c(B)c1CN(C(=O)C(B)(B)n1c(SCc2ccc(F)cc2)nc(=O)c2c1C(B)(B)C(B)(B)C2(B)B)C(B)(B)C(B)(B)N(C(B)(B)C)C(B)(B)C. The highest BCUT2D eigenvalue weighted by Gasteiger charge is 2.60. The third-order valence-electron chi connectivity index (χ3n) is 18.3. The van der Waals surface area contributed by atoms with Gasteiger partial charge in [-0.3, -0.25) is 9.59 Å². The topological polar surface area (TPSA) is 58.4 Å². The van der Waals surface area contributed by atoms with Crippen LogP contribution in [0.4, 0.5) is 17.6 Å². The van der Waals surface area contributed by atoms with Crippen LogP contribution in [0.2, 0.25) is 5.21 Å². The van der Waals surface area contributed by atoms with Crippen molar-refractivity contribution in [2.24, 2.45) is 0 Å². The number of benzene rings is 3. The van der Waals surface area contributed by atoms with Crippen molar-refractivity contribution < 1.29 is 22.4 Å². The molecule has 1 aliphatic carbocycles. The lowest BCUT2D eigenvalue weighted by atomic mass is 9.20. The van der Waals surface area contributed by atoms with Gasteiger partial charge in [-0.25, -0.2) is 4.39 Å². The molecule has 0 saturated heterocycles. The van der Waals surface area contributed by atoms with Gasteiger partial charge in [-0.1, -0.05) is 97.1 Å². The van der Waals surface area contributed by atoms with E-state index in [2.05, 4.69) is 169 Å². The van der Waals surface area contributed by atoms with Gasteiger partial charge in [0.2, 0.25) is 5.91 Å². The summed E-state index contributed by atoms with van der Waals surface area (Å²) in [4.78, 5) is 41.0. The minimum absolute atomic E-state index is 0.160. The number of fused-ring (bicyclic) bond motifs is 1. The molecule has 0 unspecified atom stereocenters. The molecular formula is C36H62B24F4N4O2S. The van der Waals surface area contributed by atoms with Crippen LogP contribution in [-0.4, -0.2) is 235 Å². The molecule has 0 radical (unpaired) electrons. The van der Waals surface area contributed by atoms with Crippen molar-refractivity contribution in [3.05, 3.63) is 68.4 Å². The third-order valence-corrected chi connectivity index (χ3v) is 19.4. The highest BCUT2D eigenvalue weighted by atomic mass is 32.2. The summed E-state index contributed by atoms with van der Waals surface area (Å²) in [6, 6.07) is 6.31. The molecule has 344 valence electrons. The van der Waals surface area contributed by atoms with Crippen molar-refractivity contribution in [1.82, 2.24) is 19.4 Å². The van der Waals surface area contributed by atoms with Crippen LogP contribution in [0, 0.1) is 5.82 Å². The number of amides is 1. The highest BCUT2D eigenvalue weighted by molar-refractivity contribution is 7.98. The first-order valence-electron chi connectivity index (χ1n) is 25.2. The molecule has 4 aromatic rings. The van der Waals surface area contributed by atoms with Gasteiger partial charge in [0, 0.05) is 29.1 Å². The normalized spacial score (nSPS) is 15.9. The van der Waals surface area contributed by atoms with Gasteiger partial charge in [0.25, 0.3) is 5.56 Å². The average molecular weight is 950 g/mol. The molecule has 3 aromatic carbocycles. The van der Waals surface area contributed by atoms with Gasteiger partial charge in [0.15, 0.2) is 5.16 Å². The quantitative estimate of drug-likeness (QED) is 0.0578. The average Bonchev–Trinajstić information content (AvgIpc) is 3.31. The molecule has 1 aromatic heterocycles. The Bertz CT molecular complexity index is 2820. The zero-order valence-corrected chi connectivity index (χ0v) is 49.1. The Hall–Kier alpha value is -2.40. The van der Waals surface area contributed by atoms with Crippen molar-refractivity contribution in [2.45, 2.75) is 79.8 Å². The van der Waals surface area contributed by atoms with Crippen LogP contribution in [0.3, 0.4) is 0 Å². The Morgan fingerprint density at radius 2 is 1.08 bits per heavy atom. The smallest absolute Gasteiger partial charge is 0.348 e. The summed E-state index contributed by atoms with van der Waals surface area (Å²) in [5, 5.41) is -4.88. The number of alkyl halides is 3. The molecule has 0 saturated carbocycles. The highest BCUT2D eigenvalue weighted by Crippen LogP contribution is 2.58. The number of rotatable bonds is 13.